The molecule has 1 N–H and O–H groups in total. The Hall–Kier alpha value is -2.02. The monoisotopic (exact) mass is 345 g/mol. The number of alkyl halides is 3. The van der Waals surface area contributed by atoms with Crippen molar-refractivity contribution in [1.29, 1.82) is 0 Å². The van der Waals surface area contributed by atoms with Crippen molar-refractivity contribution in [2.75, 3.05) is 5.32 Å². The summed E-state index contributed by atoms with van der Waals surface area (Å²) in [5, 5.41) is 7.01. The third-order valence-corrected chi connectivity index (χ3v) is 3.96. The van der Waals surface area contributed by atoms with E-state index in [9.17, 15) is 18.0 Å². The van der Waals surface area contributed by atoms with Crippen LogP contribution in [-0.4, -0.2) is 15.7 Å². The summed E-state index contributed by atoms with van der Waals surface area (Å²) in [6.07, 6.45) is -4.46. The van der Waals surface area contributed by atoms with E-state index >= 15 is 0 Å². The molecule has 0 aliphatic rings. The molecule has 8 heteroatoms. The van der Waals surface area contributed by atoms with Gasteiger partial charge in [-0.25, -0.2) is 0 Å². The molecule has 0 spiro atoms. The van der Waals surface area contributed by atoms with Gasteiger partial charge in [-0.15, -0.1) is 0 Å². The first-order valence-corrected chi connectivity index (χ1v) is 7.14. The largest absolute Gasteiger partial charge is 0.416 e. The molecule has 2 aromatic rings. The van der Waals surface area contributed by atoms with Crippen molar-refractivity contribution in [3.8, 4) is 0 Å². The lowest BCUT2D eigenvalue weighted by Crippen LogP contribution is -2.20. The normalized spacial score (nSPS) is 11.6. The van der Waals surface area contributed by atoms with Gasteiger partial charge in [-0.1, -0.05) is 17.7 Å². The molecule has 1 aromatic heterocycles. The number of anilines is 1. The number of carbonyl (C=O) groups is 1. The van der Waals surface area contributed by atoms with Crippen LogP contribution in [0.25, 0.3) is 0 Å². The number of aromatic nitrogens is 2. The van der Waals surface area contributed by atoms with Crippen LogP contribution in [0.15, 0.2) is 18.2 Å². The Morgan fingerprint density at radius 1 is 1.30 bits per heavy atom. The summed E-state index contributed by atoms with van der Waals surface area (Å²) in [6, 6.07) is 3.66. The van der Waals surface area contributed by atoms with Crippen molar-refractivity contribution >= 4 is 23.2 Å². The molecule has 23 heavy (non-hydrogen) atoms. The predicted octanol–water partition coefficient (Wildman–Crippen LogP) is 4.12. The van der Waals surface area contributed by atoms with Gasteiger partial charge in [-0.05, 0) is 38.5 Å². The number of nitrogens with zero attached hydrogens (tertiary/aromatic N) is 2. The summed E-state index contributed by atoms with van der Waals surface area (Å²) in [4.78, 5) is 12.0. The van der Waals surface area contributed by atoms with Crippen LogP contribution in [0.1, 0.15) is 22.5 Å². The Labute approximate surface area is 136 Å². The maximum absolute atomic E-state index is 12.9. The number of benzene rings is 1. The van der Waals surface area contributed by atoms with E-state index in [1.165, 1.54) is 23.7 Å². The maximum atomic E-state index is 12.9. The number of aryl methyl sites for hydroxylation is 2. The van der Waals surface area contributed by atoms with E-state index in [4.69, 9.17) is 11.6 Å². The first-order valence-electron chi connectivity index (χ1n) is 6.77. The number of hydrogen-bond donors (Lipinski definition) is 1. The highest BCUT2D eigenvalue weighted by atomic mass is 35.5. The lowest BCUT2D eigenvalue weighted by Gasteiger charge is -2.13. The van der Waals surface area contributed by atoms with Gasteiger partial charge in [-0.2, -0.15) is 18.3 Å². The van der Waals surface area contributed by atoms with E-state index < -0.39 is 17.6 Å². The van der Waals surface area contributed by atoms with Crippen LogP contribution < -0.4 is 5.32 Å². The molecular weight excluding hydrogens is 331 g/mol. The molecular formula is C15H15ClF3N3O. The third-order valence-electron chi connectivity index (χ3n) is 3.41. The second-order valence-electron chi connectivity index (χ2n) is 5.22. The molecule has 0 aliphatic heterocycles. The standard InChI is InChI=1S/C15H15ClF3N3O/c1-8-4-5-11(6-12(8)15(17,18)19)20-13(23)7-22-10(3)14(16)9(2)21-22/h4-6H,7H2,1-3H3,(H,20,23). The highest BCUT2D eigenvalue weighted by Gasteiger charge is 2.32. The highest BCUT2D eigenvalue weighted by molar-refractivity contribution is 6.31. The minimum Gasteiger partial charge on any atom is -0.324 e. The first kappa shape index (κ1) is 17.3. The Kier molecular flexibility index (Phi) is 4.70. The van der Waals surface area contributed by atoms with Gasteiger partial charge in [-0.3, -0.25) is 9.48 Å². The van der Waals surface area contributed by atoms with Crippen LogP contribution in [0, 0.1) is 20.8 Å². The number of hydrogen-bond acceptors (Lipinski definition) is 2. The Morgan fingerprint density at radius 2 is 1.96 bits per heavy atom. The molecule has 124 valence electrons. The fourth-order valence-electron chi connectivity index (χ4n) is 2.17. The number of carbonyl (C=O) groups excluding carboxylic acids is 1. The minimum absolute atomic E-state index is 0.0838. The van der Waals surface area contributed by atoms with E-state index in [0.717, 1.165) is 6.07 Å². The van der Waals surface area contributed by atoms with Crippen LogP contribution in [0.3, 0.4) is 0 Å². The van der Waals surface area contributed by atoms with Gasteiger partial charge in [0.15, 0.2) is 0 Å². The summed E-state index contributed by atoms with van der Waals surface area (Å²) in [6.45, 7) is 4.66. The zero-order valence-corrected chi connectivity index (χ0v) is 13.5. The van der Waals surface area contributed by atoms with Crippen molar-refractivity contribution in [3.63, 3.8) is 0 Å². The molecule has 0 saturated carbocycles. The first-order chi connectivity index (χ1) is 10.6. The van der Waals surface area contributed by atoms with Gasteiger partial charge in [0.1, 0.15) is 6.54 Å². The Bertz CT molecular complexity index is 753. The molecule has 0 aliphatic carbocycles. The number of amides is 1. The SMILES string of the molecule is Cc1ccc(NC(=O)Cn2nc(C)c(Cl)c2C)cc1C(F)(F)F. The number of nitrogens with one attached hydrogen (secondary N) is 1. The Morgan fingerprint density at radius 3 is 2.48 bits per heavy atom. The van der Waals surface area contributed by atoms with E-state index in [1.807, 2.05) is 0 Å². The zero-order chi connectivity index (χ0) is 17.4. The second-order valence-corrected chi connectivity index (χ2v) is 5.60. The van der Waals surface area contributed by atoms with Gasteiger partial charge in [0, 0.05) is 5.69 Å². The quantitative estimate of drug-likeness (QED) is 0.909. The Balaban J connectivity index is 2.16. The van der Waals surface area contributed by atoms with Gasteiger partial charge in [0.05, 0.1) is 22.0 Å². The van der Waals surface area contributed by atoms with Crippen LogP contribution in [0.2, 0.25) is 5.02 Å². The van der Waals surface area contributed by atoms with Crippen LogP contribution in [-0.2, 0) is 17.5 Å². The second kappa shape index (κ2) is 6.23. The molecule has 0 saturated heterocycles. The van der Waals surface area contributed by atoms with E-state index in [-0.39, 0.29) is 17.8 Å². The summed E-state index contributed by atoms with van der Waals surface area (Å²) in [7, 11) is 0. The molecule has 1 heterocycles. The summed E-state index contributed by atoms with van der Waals surface area (Å²) in [5.41, 5.74) is 0.622. The van der Waals surface area contributed by atoms with Crippen molar-refractivity contribution in [3.05, 3.63) is 45.7 Å². The summed E-state index contributed by atoms with van der Waals surface area (Å²) in [5.74, 6) is -0.482. The van der Waals surface area contributed by atoms with Crippen LogP contribution >= 0.6 is 11.6 Å². The number of halogens is 4. The molecule has 2 rings (SSSR count). The third kappa shape index (κ3) is 3.85. The molecule has 4 nitrogen and oxygen atoms in total. The van der Waals surface area contributed by atoms with E-state index in [0.29, 0.717) is 16.4 Å². The lowest BCUT2D eigenvalue weighted by atomic mass is 10.1. The van der Waals surface area contributed by atoms with Gasteiger partial charge >= 0.3 is 6.18 Å². The van der Waals surface area contributed by atoms with Crippen molar-refractivity contribution in [2.24, 2.45) is 0 Å². The molecule has 0 fully saturated rings. The molecule has 1 amide bonds. The van der Waals surface area contributed by atoms with Crippen molar-refractivity contribution in [2.45, 2.75) is 33.5 Å². The van der Waals surface area contributed by atoms with E-state index in [2.05, 4.69) is 10.4 Å². The van der Waals surface area contributed by atoms with Crippen LogP contribution in [0.4, 0.5) is 18.9 Å². The maximum Gasteiger partial charge on any atom is 0.416 e. The average molecular weight is 346 g/mol. The lowest BCUT2D eigenvalue weighted by molar-refractivity contribution is -0.138. The molecule has 0 bridgehead atoms. The zero-order valence-electron chi connectivity index (χ0n) is 12.8. The van der Waals surface area contributed by atoms with Crippen molar-refractivity contribution in [1.82, 2.24) is 9.78 Å². The minimum atomic E-state index is -4.46. The highest BCUT2D eigenvalue weighted by Crippen LogP contribution is 2.33. The van der Waals surface area contributed by atoms with Gasteiger partial charge in [0.2, 0.25) is 5.91 Å². The fourth-order valence-corrected chi connectivity index (χ4v) is 2.31. The topological polar surface area (TPSA) is 46.9 Å². The van der Waals surface area contributed by atoms with Gasteiger partial charge in [0.25, 0.3) is 0 Å². The van der Waals surface area contributed by atoms with Crippen molar-refractivity contribution < 1.29 is 18.0 Å². The van der Waals surface area contributed by atoms with E-state index in [1.54, 1.807) is 13.8 Å². The fraction of sp³-hybridized carbons (Fsp3) is 0.333. The summed E-state index contributed by atoms with van der Waals surface area (Å²) < 4.78 is 40.0. The van der Waals surface area contributed by atoms with Crippen LogP contribution in [0.5, 0.6) is 0 Å². The molecule has 1 aromatic carbocycles. The molecule has 0 radical (unpaired) electrons. The molecule has 0 atom stereocenters. The molecule has 0 unspecified atom stereocenters. The number of rotatable bonds is 3. The van der Waals surface area contributed by atoms with Gasteiger partial charge < -0.3 is 5.32 Å². The average Bonchev–Trinajstić information content (AvgIpc) is 2.67. The summed E-state index contributed by atoms with van der Waals surface area (Å²) >= 11 is 5.99. The smallest absolute Gasteiger partial charge is 0.324 e. The predicted molar refractivity (Wildman–Crippen MR) is 81.5 cm³/mol.